The van der Waals surface area contributed by atoms with Crippen molar-refractivity contribution in [2.45, 2.75) is 4.34 Å². The Morgan fingerprint density at radius 3 is 2.57 bits per heavy atom. The highest BCUT2D eigenvalue weighted by Gasteiger charge is 2.15. The van der Waals surface area contributed by atoms with Crippen molar-refractivity contribution in [2.75, 3.05) is 16.4 Å². The number of nitrogens with one attached hydrogen (secondary N) is 2. The van der Waals surface area contributed by atoms with Crippen LogP contribution in [0.15, 0.2) is 51.3 Å². The Morgan fingerprint density at radius 1 is 1.07 bits per heavy atom. The number of rotatable bonds is 6. The van der Waals surface area contributed by atoms with Crippen molar-refractivity contribution >= 4 is 84.9 Å². The predicted molar refractivity (Wildman–Crippen MR) is 118 cm³/mol. The van der Waals surface area contributed by atoms with Gasteiger partial charge in [0.05, 0.1) is 16.3 Å². The van der Waals surface area contributed by atoms with E-state index in [2.05, 4.69) is 36.8 Å². The smallest absolute Gasteiger partial charge is 0.259 e. The largest absolute Gasteiger partial charge is 0.325 e. The van der Waals surface area contributed by atoms with Crippen molar-refractivity contribution in [1.82, 2.24) is 10.2 Å². The lowest BCUT2D eigenvalue weighted by molar-refractivity contribution is -0.113. The van der Waals surface area contributed by atoms with Crippen LogP contribution < -0.4 is 10.6 Å². The zero-order valence-electron chi connectivity index (χ0n) is 13.9. The molecule has 1 heterocycles. The summed E-state index contributed by atoms with van der Waals surface area (Å²) in [5, 5.41) is 14.3. The molecule has 1 aromatic heterocycles. The number of hydrogen-bond donors (Lipinski definition) is 2. The molecule has 0 aliphatic heterocycles. The van der Waals surface area contributed by atoms with Crippen LogP contribution in [0, 0.1) is 0 Å². The van der Waals surface area contributed by atoms with Gasteiger partial charge in [-0.2, -0.15) is 0 Å². The third kappa shape index (κ3) is 5.92. The molecule has 144 valence electrons. The Balaban J connectivity index is 1.53. The molecule has 3 aromatic rings. The van der Waals surface area contributed by atoms with E-state index in [1.807, 2.05) is 12.1 Å². The summed E-state index contributed by atoms with van der Waals surface area (Å²) >= 11 is 17.6. The molecule has 0 unspecified atom stereocenters. The Kier molecular flexibility index (Phi) is 7.30. The average molecular weight is 518 g/mol. The monoisotopic (exact) mass is 516 g/mol. The lowest BCUT2D eigenvalue weighted by Gasteiger charge is -2.04. The van der Waals surface area contributed by atoms with Crippen LogP contribution in [0.2, 0.25) is 10.0 Å². The van der Waals surface area contributed by atoms with E-state index < -0.39 is 5.91 Å². The van der Waals surface area contributed by atoms with Crippen LogP contribution in [0.1, 0.15) is 10.4 Å². The van der Waals surface area contributed by atoms with Gasteiger partial charge in [-0.3, -0.25) is 14.9 Å². The van der Waals surface area contributed by atoms with Gasteiger partial charge in [0.2, 0.25) is 11.0 Å². The van der Waals surface area contributed by atoms with Crippen LogP contribution in [-0.2, 0) is 4.79 Å². The molecule has 0 aliphatic carbocycles. The molecule has 6 nitrogen and oxygen atoms in total. The quantitative estimate of drug-likeness (QED) is 0.329. The zero-order chi connectivity index (χ0) is 20.1. The summed E-state index contributed by atoms with van der Waals surface area (Å²) in [4.78, 5) is 24.3. The summed E-state index contributed by atoms with van der Waals surface area (Å²) in [5.74, 6) is -0.439. The normalized spacial score (nSPS) is 10.5. The van der Waals surface area contributed by atoms with E-state index in [9.17, 15) is 9.59 Å². The van der Waals surface area contributed by atoms with Crippen LogP contribution in [-0.4, -0.2) is 27.8 Å². The van der Waals surface area contributed by atoms with Crippen LogP contribution in [0.4, 0.5) is 10.8 Å². The Morgan fingerprint density at radius 2 is 1.82 bits per heavy atom. The van der Waals surface area contributed by atoms with Gasteiger partial charge in [0, 0.05) is 15.2 Å². The molecule has 2 aromatic carbocycles. The molecule has 0 saturated heterocycles. The second-order valence-electron chi connectivity index (χ2n) is 5.30. The number of amides is 2. The molecule has 11 heteroatoms. The molecule has 0 bridgehead atoms. The average Bonchev–Trinajstić information content (AvgIpc) is 3.11. The van der Waals surface area contributed by atoms with Gasteiger partial charge in [0.15, 0.2) is 4.34 Å². The number of aromatic nitrogens is 2. The van der Waals surface area contributed by atoms with Crippen LogP contribution in [0.25, 0.3) is 0 Å². The van der Waals surface area contributed by atoms with Gasteiger partial charge in [0.25, 0.3) is 5.91 Å². The molecule has 0 spiro atoms. The molecule has 0 saturated carbocycles. The zero-order valence-corrected chi connectivity index (χ0v) is 18.6. The van der Waals surface area contributed by atoms with E-state index in [0.717, 1.165) is 15.8 Å². The van der Waals surface area contributed by atoms with E-state index in [4.69, 9.17) is 23.2 Å². The minimum atomic E-state index is -0.437. The van der Waals surface area contributed by atoms with E-state index in [1.54, 1.807) is 24.3 Å². The summed E-state index contributed by atoms with van der Waals surface area (Å²) in [6.07, 6.45) is 0. The maximum absolute atomic E-state index is 12.3. The highest BCUT2D eigenvalue weighted by molar-refractivity contribution is 9.10. The molecule has 0 atom stereocenters. The number of carbonyl (C=O) groups excluding carboxylic acids is 2. The first kappa shape index (κ1) is 21.1. The third-order valence-electron chi connectivity index (χ3n) is 3.25. The summed E-state index contributed by atoms with van der Waals surface area (Å²) < 4.78 is 1.49. The summed E-state index contributed by atoms with van der Waals surface area (Å²) in [6.45, 7) is 0. The number of hydrogen-bond acceptors (Lipinski definition) is 6. The van der Waals surface area contributed by atoms with Gasteiger partial charge in [-0.25, -0.2) is 0 Å². The number of anilines is 2. The Hall–Kier alpha value is -1.65. The van der Waals surface area contributed by atoms with E-state index in [-0.39, 0.29) is 22.2 Å². The van der Waals surface area contributed by atoms with Gasteiger partial charge < -0.3 is 5.32 Å². The first-order chi connectivity index (χ1) is 13.4. The van der Waals surface area contributed by atoms with Gasteiger partial charge in [0.1, 0.15) is 0 Å². The van der Waals surface area contributed by atoms with Crippen molar-refractivity contribution in [3.63, 3.8) is 0 Å². The number of benzene rings is 2. The number of thioether (sulfide) groups is 1. The topological polar surface area (TPSA) is 84.0 Å². The van der Waals surface area contributed by atoms with Crippen LogP contribution in [0.5, 0.6) is 0 Å². The maximum Gasteiger partial charge on any atom is 0.259 e. The van der Waals surface area contributed by atoms with Gasteiger partial charge in [-0.1, -0.05) is 62.2 Å². The molecule has 0 radical (unpaired) electrons. The summed E-state index contributed by atoms with van der Waals surface area (Å²) in [6, 6.07) is 11.9. The molecule has 0 fully saturated rings. The van der Waals surface area contributed by atoms with E-state index in [0.29, 0.717) is 20.2 Å². The standard InChI is InChI=1S/C17H11BrCl2N4O2S2/c18-9-1-4-11(5-2-9)21-14(25)8-27-17-24-23-16(28-17)22-15(26)12-7-10(19)3-6-13(12)20/h1-7H,8H2,(H,21,25)(H,22,23,26). The van der Waals surface area contributed by atoms with Crippen molar-refractivity contribution in [3.8, 4) is 0 Å². The molecule has 2 amide bonds. The number of nitrogens with zero attached hydrogens (tertiary/aromatic N) is 2. The molecular weight excluding hydrogens is 507 g/mol. The number of carbonyl (C=O) groups is 2. The Labute approximate surface area is 187 Å². The lowest BCUT2D eigenvalue weighted by Crippen LogP contribution is -2.13. The molecule has 3 rings (SSSR count). The summed E-state index contributed by atoms with van der Waals surface area (Å²) in [7, 11) is 0. The van der Waals surface area contributed by atoms with Crippen molar-refractivity contribution in [2.24, 2.45) is 0 Å². The fraction of sp³-hybridized carbons (Fsp3) is 0.0588. The first-order valence-electron chi connectivity index (χ1n) is 7.69. The highest BCUT2D eigenvalue weighted by Crippen LogP contribution is 2.27. The maximum atomic E-state index is 12.3. The molecule has 0 aliphatic rings. The second kappa shape index (κ2) is 9.71. The SMILES string of the molecule is O=C(CSc1nnc(NC(=O)c2cc(Cl)ccc2Cl)s1)Nc1ccc(Br)cc1. The van der Waals surface area contributed by atoms with Crippen molar-refractivity contribution in [1.29, 1.82) is 0 Å². The van der Waals surface area contributed by atoms with Crippen LogP contribution >= 0.6 is 62.2 Å². The van der Waals surface area contributed by atoms with E-state index >= 15 is 0 Å². The predicted octanol–water partition coefficient (Wildman–Crippen LogP) is 5.59. The fourth-order valence-corrected chi connectivity index (χ4v) is 4.20. The minimum Gasteiger partial charge on any atom is -0.325 e. The third-order valence-corrected chi connectivity index (χ3v) is 6.32. The summed E-state index contributed by atoms with van der Waals surface area (Å²) in [5.41, 5.74) is 0.949. The minimum absolute atomic E-state index is 0.165. The molecule has 28 heavy (non-hydrogen) atoms. The first-order valence-corrected chi connectivity index (χ1v) is 11.0. The molecule has 2 N–H and O–H groups in total. The number of halogens is 3. The Bertz CT molecular complexity index is 1010. The van der Waals surface area contributed by atoms with Crippen molar-refractivity contribution < 1.29 is 9.59 Å². The van der Waals surface area contributed by atoms with E-state index in [1.165, 1.54) is 17.8 Å². The fourth-order valence-electron chi connectivity index (χ4n) is 2.01. The van der Waals surface area contributed by atoms with Gasteiger partial charge >= 0.3 is 0 Å². The van der Waals surface area contributed by atoms with Gasteiger partial charge in [-0.05, 0) is 42.5 Å². The molecular formula is C17H11BrCl2N4O2S2. The van der Waals surface area contributed by atoms with Gasteiger partial charge in [-0.15, -0.1) is 10.2 Å². The van der Waals surface area contributed by atoms with Crippen molar-refractivity contribution in [3.05, 3.63) is 62.5 Å². The lowest BCUT2D eigenvalue weighted by atomic mass is 10.2. The highest BCUT2D eigenvalue weighted by atomic mass is 79.9. The van der Waals surface area contributed by atoms with Crippen LogP contribution in [0.3, 0.4) is 0 Å². The second-order valence-corrected chi connectivity index (χ2v) is 9.25.